The van der Waals surface area contributed by atoms with Crippen LogP contribution in [0.3, 0.4) is 0 Å². The zero-order valence-corrected chi connectivity index (χ0v) is 11.5. The van der Waals surface area contributed by atoms with Crippen LogP contribution in [0.2, 0.25) is 10.0 Å². The molecule has 18 heavy (non-hydrogen) atoms. The Bertz CT molecular complexity index is 674. The van der Waals surface area contributed by atoms with Crippen molar-refractivity contribution < 1.29 is 0 Å². The first kappa shape index (κ1) is 11.8. The van der Waals surface area contributed by atoms with Crippen molar-refractivity contribution in [2.45, 2.75) is 0 Å². The fourth-order valence-electron chi connectivity index (χ4n) is 1.70. The quantitative estimate of drug-likeness (QED) is 0.699. The van der Waals surface area contributed by atoms with Crippen molar-refractivity contribution in [2.75, 3.05) is 0 Å². The number of H-pyrrole nitrogens is 1. The summed E-state index contributed by atoms with van der Waals surface area (Å²) in [6.07, 6.45) is 1.84. The number of rotatable bonds is 2. The van der Waals surface area contributed by atoms with Crippen molar-refractivity contribution in [3.05, 3.63) is 52.0 Å². The third-order valence-electron chi connectivity index (χ3n) is 2.56. The van der Waals surface area contributed by atoms with Gasteiger partial charge in [0.2, 0.25) is 0 Å². The summed E-state index contributed by atoms with van der Waals surface area (Å²) in [6, 6.07) is 9.55. The highest BCUT2D eigenvalue weighted by Crippen LogP contribution is 2.33. The molecule has 3 aromatic rings. The Hall–Kier alpha value is -1.29. The molecule has 0 saturated heterocycles. The number of nitrogens with one attached hydrogen (secondary N) is 1. The molecule has 1 N–H and O–H groups in total. The number of hydrogen-bond acceptors (Lipinski definition) is 2. The molecule has 0 saturated carbocycles. The van der Waals surface area contributed by atoms with Crippen molar-refractivity contribution in [1.29, 1.82) is 0 Å². The van der Waals surface area contributed by atoms with Crippen molar-refractivity contribution in [2.24, 2.45) is 0 Å². The lowest BCUT2D eigenvalue weighted by atomic mass is 10.2. The van der Waals surface area contributed by atoms with Crippen LogP contribution in [0.5, 0.6) is 0 Å². The van der Waals surface area contributed by atoms with Gasteiger partial charge in [0, 0.05) is 11.8 Å². The van der Waals surface area contributed by atoms with Gasteiger partial charge in [0.15, 0.2) is 0 Å². The molecule has 0 fully saturated rings. The van der Waals surface area contributed by atoms with Crippen molar-refractivity contribution >= 4 is 34.5 Å². The minimum atomic E-state index is 0.531. The van der Waals surface area contributed by atoms with Crippen LogP contribution in [0.25, 0.3) is 22.0 Å². The van der Waals surface area contributed by atoms with Crippen LogP contribution >= 0.6 is 34.5 Å². The molecule has 0 spiro atoms. The summed E-state index contributed by atoms with van der Waals surface area (Å²) < 4.78 is 0. The molecule has 0 unspecified atom stereocenters. The lowest BCUT2D eigenvalue weighted by Gasteiger charge is -2.01. The van der Waals surface area contributed by atoms with E-state index in [1.165, 1.54) is 0 Å². The molecule has 0 amide bonds. The molecule has 2 heterocycles. The SMILES string of the molecule is Clc1cccc(-c2c[nH]c(-c3cccs3)n2)c1Cl. The topological polar surface area (TPSA) is 28.7 Å². The molecule has 3 rings (SSSR count). The number of nitrogens with zero attached hydrogens (tertiary/aromatic N) is 1. The third kappa shape index (κ3) is 2.05. The standard InChI is InChI=1S/C13H8Cl2N2S/c14-9-4-1-3-8(12(9)15)10-7-16-13(17-10)11-5-2-6-18-11/h1-7H,(H,16,17). The summed E-state index contributed by atoms with van der Waals surface area (Å²) in [5.74, 6) is 0.844. The van der Waals surface area contributed by atoms with Gasteiger partial charge < -0.3 is 4.98 Å². The highest BCUT2D eigenvalue weighted by Gasteiger charge is 2.11. The Labute approximate surface area is 118 Å². The van der Waals surface area contributed by atoms with Gasteiger partial charge in [-0.2, -0.15) is 0 Å². The van der Waals surface area contributed by atoms with Gasteiger partial charge in [-0.15, -0.1) is 11.3 Å². The molecule has 0 aliphatic rings. The Morgan fingerprint density at radius 1 is 1.11 bits per heavy atom. The Balaban J connectivity index is 2.06. The fraction of sp³-hybridized carbons (Fsp3) is 0. The monoisotopic (exact) mass is 294 g/mol. The van der Waals surface area contributed by atoms with Gasteiger partial charge in [0.25, 0.3) is 0 Å². The lowest BCUT2D eigenvalue weighted by molar-refractivity contribution is 1.33. The normalized spacial score (nSPS) is 10.8. The number of hydrogen-bond donors (Lipinski definition) is 1. The van der Waals surface area contributed by atoms with E-state index in [1.54, 1.807) is 17.4 Å². The van der Waals surface area contributed by atoms with Crippen LogP contribution in [0.4, 0.5) is 0 Å². The molecule has 2 aromatic heterocycles. The van der Waals surface area contributed by atoms with E-state index in [1.807, 2.05) is 35.8 Å². The Morgan fingerprint density at radius 3 is 2.78 bits per heavy atom. The van der Waals surface area contributed by atoms with E-state index in [0.717, 1.165) is 22.0 Å². The summed E-state index contributed by atoms with van der Waals surface area (Å²) in [4.78, 5) is 8.78. The zero-order valence-electron chi connectivity index (χ0n) is 9.15. The summed E-state index contributed by atoms with van der Waals surface area (Å²) >= 11 is 13.8. The molecule has 1 aromatic carbocycles. The number of thiophene rings is 1. The summed E-state index contributed by atoms with van der Waals surface area (Å²) in [5.41, 5.74) is 1.63. The minimum absolute atomic E-state index is 0.531. The molecule has 0 radical (unpaired) electrons. The molecule has 2 nitrogen and oxygen atoms in total. The van der Waals surface area contributed by atoms with E-state index in [9.17, 15) is 0 Å². The van der Waals surface area contributed by atoms with Crippen LogP contribution in [0, 0.1) is 0 Å². The maximum Gasteiger partial charge on any atom is 0.148 e. The molecule has 0 bridgehead atoms. The molecule has 90 valence electrons. The van der Waals surface area contributed by atoms with E-state index >= 15 is 0 Å². The van der Waals surface area contributed by atoms with Crippen LogP contribution in [0.1, 0.15) is 0 Å². The van der Waals surface area contributed by atoms with Crippen molar-refractivity contribution in [3.8, 4) is 22.0 Å². The van der Waals surface area contributed by atoms with E-state index in [-0.39, 0.29) is 0 Å². The Kier molecular flexibility index (Phi) is 3.12. The molecule has 5 heteroatoms. The largest absolute Gasteiger partial charge is 0.343 e. The zero-order chi connectivity index (χ0) is 12.5. The average molecular weight is 295 g/mol. The predicted octanol–water partition coefficient (Wildman–Crippen LogP) is 5.11. The number of imidazole rings is 1. The number of benzene rings is 1. The summed E-state index contributed by atoms with van der Waals surface area (Å²) in [7, 11) is 0. The first-order valence-corrected chi connectivity index (χ1v) is 6.93. The number of aromatic amines is 1. The molecule has 0 aliphatic carbocycles. The fourth-order valence-corrected chi connectivity index (χ4v) is 2.78. The van der Waals surface area contributed by atoms with E-state index < -0.39 is 0 Å². The smallest absolute Gasteiger partial charge is 0.148 e. The third-order valence-corrected chi connectivity index (χ3v) is 4.26. The second-order valence-electron chi connectivity index (χ2n) is 3.71. The van der Waals surface area contributed by atoms with E-state index in [2.05, 4.69) is 9.97 Å². The van der Waals surface area contributed by atoms with Gasteiger partial charge in [-0.3, -0.25) is 0 Å². The average Bonchev–Trinajstić information content (AvgIpc) is 3.01. The van der Waals surface area contributed by atoms with Crippen molar-refractivity contribution in [3.63, 3.8) is 0 Å². The van der Waals surface area contributed by atoms with Gasteiger partial charge in [0.1, 0.15) is 5.82 Å². The van der Waals surface area contributed by atoms with E-state index in [0.29, 0.717) is 10.0 Å². The van der Waals surface area contributed by atoms with Crippen molar-refractivity contribution in [1.82, 2.24) is 9.97 Å². The predicted molar refractivity (Wildman–Crippen MR) is 77.4 cm³/mol. The molecular weight excluding hydrogens is 287 g/mol. The lowest BCUT2D eigenvalue weighted by Crippen LogP contribution is -1.81. The van der Waals surface area contributed by atoms with Crippen LogP contribution in [-0.2, 0) is 0 Å². The van der Waals surface area contributed by atoms with Gasteiger partial charge >= 0.3 is 0 Å². The minimum Gasteiger partial charge on any atom is -0.343 e. The first-order chi connectivity index (χ1) is 8.75. The van der Waals surface area contributed by atoms with Crippen LogP contribution < -0.4 is 0 Å². The maximum atomic E-state index is 6.18. The van der Waals surface area contributed by atoms with Gasteiger partial charge in [-0.05, 0) is 17.5 Å². The molecule has 0 atom stereocenters. The number of halogens is 2. The van der Waals surface area contributed by atoms with Gasteiger partial charge in [0.05, 0.1) is 20.6 Å². The maximum absolute atomic E-state index is 6.18. The Morgan fingerprint density at radius 2 is 2.00 bits per heavy atom. The first-order valence-electron chi connectivity index (χ1n) is 5.29. The molecular formula is C13H8Cl2N2S. The second kappa shape index (κ2) is 4.76. The molecule has 0 aliphatic heterocycles. The van der Waals surface area contributed by atoms with Crippen LogP contribution in [-0.4, -0.2) is 9.97 Å². The highest BCUT2D eigenvalue weighted by atomic mass is 35.5. The highest BCUT2D eigenvalue weighted by molar-refractivity contribution is 7.13. The number of aromatic nitrogens is 2. The summed E-state index contributed by atoms with van der Waals surface area (Å²) in [5, 5.41) is 3.09. The van der Waals surface area contributed by atoms with E-state index in [4.69, 9.17) is 23.2 Å². The van der Waals surface area contributed by atoms with Gasteiger partial charge in [-0.1, -0.05) is 41.4 Å². The summed E-state index contributed by atoms with van der Waals surface area (Å²) in [6.45, 7) is 0. The van der Waals surface area contributed by atoms with Gasteiger partial charge in [-0.25, -0.2) is 4.98 Å². The second-order valence-corrected chi connectivity index (χ2v) is 5.45. The van der Waals surface area contributed by atoms with Crippen LogP contribution in [0.15, 0.2) is 41.9 Å².